The highest BCUT2D eigenvalue weighted by atomic mass is 127. The minimum Gasteiger partial charge on any atom is -0.491 e. The summed E-state index contributed by atoms with van der Waals surface area (Å²) in [6.07, 6.45) is 0.989. The summed E-state index contributed by atoms with van der Waals surface area (Å²) in [6.45, 7) is 10.5. The van der Waals surface area contributed by atoms with Crippen molar-refractivity contribution in [2.24, 2.45) is 10.9 Å². The normalized spacial score (nSPS) is 11.2. The molecule has 0 unspecified atom stereocenters. The maximum Gasteiger partial charge on any atom is 0.243 e. The molecule has 0 aliphatic rings. The summed E-state index contributed by atoms with van der Waals surface area (Å²) in [7, 11) is 3.44. The van der Waals surface area contributed by atoms with Gasteiger partial charge in [-0.15, -0.1) is 24.0 Å². The molecule has 166 valence electrons. The average molecular weight is 520 g/mol. The first-order valence-electron chi connectivity index (χ1n) is 9.88. The topological polar surface area (TPSA) is 75.2 Å². The largest absolute Gasteiger partial charge is 0.491 e. The van der Waals surface area contributed by atoms with Gasteiger partial charge in [0.2, 0.25) is 5.91 Å². The number of likely N-dealkylation sites (N-methyl/N-ethyl adjacent to an activating group) is 1. The number of anilines is 1. The molecular weight excluding hydrogens is 483 g/mol. The Kier molecular flexibility index (Phi) is 14.5. The molecule has 0 bridgehead atoms. The van der Waals surface area contributed by atoms with Gasteiger partial charge in [0.15, 0.2) is 5.96 Å². The highest BCUT2D eigenvalue weighted by Gasteiger charge is 2.06. The van der Waals surface area contributed by atoms with E-state index in [1.807, 2.05) is 38.1 Å². The van der Waals surface area contributed by atoms with Crippen molar-refractivity contribution < 1.29 is 14.3 Å². The van der Waals surface area contributed by atoms with Crippen molar-refractivity contribution in [1.29, 1.82) is 0 Å². The molecular formula is C21H37IN4O3. The number of hydrogen-bond donors (Lipinski definition) is 2. The molecule has 0 atom stereocenters. The van der Waals surface area contributed by atoms with E-state index in [2.05, 4.69) is 29.5 Å². The number of ether oxygens (including phenoxy) is 2. The number of aliphatic imine (C=N–C) groups is 1. The van der Waals surface area contributed by atoms with Gasteiger partial charge in [-0.05, 0) is 50.5 Å². The van der Waals surface area contributed by atoms with Crippen molar-refractivity contribution in [1.82, 2.24) is 10.2 Å². The summed E-state index contributed by atoms with van der Waals surface area (Å²) in [5.41, 5.74) is 0.871. The third kappa shape index (κ3) is 13.3. The zero-order valence-corrected chi connectivity index (χ0v) is 20.9. The van der Waals surface area contributed by atoms with Crippen LogP contribution in [0.2, 0.25) is 0 Å². The van der Waals surface area contributed by atoms with Crippen LogP contribution >= 0.6 is 24.0 Å². The number of carbonyl (C=O) groups is 1. The van der Waals surface area contributed by atoms with Crippen LogP contribution in [0.25, 0.3) is 0 Å². The van der Waals surface area contributed by atoms with Crippen LogP contribution in [0.3, 0.4) is 0 Å². The van der Waals surface area contributed by atoms with E-state index in [9.17, 15) is 4.79 Å². The fourth-order valence-corrected chi connectivity index (χ4v) is 2.15. The van der Waals surface area contributed by atoms with Gasteiger partial charge in [-0.2, -0.15) is 0 Å². The molecule has 0 saturated heterocycles. The summed E-state index contributed by atoms with van der Waals surface area (Å²) in [5, 5.41) is 6.49. The van der Waals surface area contributed by atoms with E-state index in [1.165, 1.54) is 4.90 Å². The molecule has 1 aromatic carbocycles. The van der Waals surface area contributed by atoms with E-state index >= 15 is 0 Å². The van der Waals surface area contributed by atoms with E-state index in [-0.39, 0.29) is 42.5 Å². The molecule has 1 rings (SSSR count). The van der Waals surface area contributed by atoms with Gasteiger partial charge in [-0.1, -0.05) is 13.8 Å². The van der Waals surface area contributed by atoms with Gasteiger partial charge in [0.25, 0.3) is 0 Å². The number of nitrogens with one attached hydrogen (secondary N) is 2. The Morgan fingerprint density at radius 2 is 1.79 bits per heavy atom. The average Bonchev–Trinajstić information content (AvgIpc) is 2.62. The lowest BCUT2D eigenvalue weighted by molar-refractivity contribution is -0.127. The lowest BCUT2D eigenvalue weighted by atomic mass is 10.2. The van der Waals surface area contributed by atoms with Crippen molar-refractivity contribution in [3.05, 3.63) is 24.3 Å². The van der Waals surface area contributed by atoms with E-state index in [0.717, 1.165) is 24.5 Å². The summed E-state index contributed by atoms with van der Waals surface area (Å²) in [6, 6.07) is 7.66. The van der Waals surface area contributed by atoms with E-state index in [4.69, 9.17) is 9.47 Å². The van der Waals surface area contributed by atoms with E-state index in [0.29, 0.717) is 25.0 Å². The minimum atomic E-state index is -0.0537. The molecule has 0 radical (unpaired) electrons. The minimum absolute atomic E-state index is 0. The molecule has 0 saturated carbocycles. The van der Waals surface area contributed by atoms with Crippen LogP contribution < -0.4 is 15.4 Å². The maximum atomic E-state index is 11.9. The van der Waals surface area contributed by atoms with E-state index in [1.54, 1.807) is 14.1 Å². The zero-order chi connectivity index (χ0) is 20.9. The van der Waals surface area contributed by atoms with Gasteiger partial charge in [0.05, 0.1) is 6.10 Å². The van der Waals surface area contributed by atoms with Crippen LogP contribution in [0.5, 0.6) is 5.75 Å². The molecule has 7 nitrogen and oxygen atoms in total. The third-order valence-corrected chi connectivity index (χ3v) is 3.57. The molecule has 0 aliphatic carbocycles. The molecule has 0 fully saturated rings. The van der Waals surface area contributed by atoms with E-state index < -0.39 is 0 Å². The van der Waals surface area contributed by atoms with Crippen molar-refractivity contribution in [3.63, 3.8) is 0 Å². The Morgan fingerprint density at radius 1 is 1.14 bits per heavy atom. The predicted molar refractivity (Wildman–Crippen MR) is 131 cm³/mol. The first kappa shape index (κ1) is 27.5. The van der Waals surface area contributed by atoms with Crippen LogP contribution in [0, 0.1) is 5.92 Å². The Labute approximate surface area is 192 Å². The number of amides is 1. The predicted octanol–water partition coefficient (Wildman–Crippen LogP) is 3.60. The van der Waals surface area contributed by atoms with Gasteiger partial charge in [-0.25, -0.2) is 4.99 Å². The quantitative estimate of drug-likeness (QED) is 0.202. The summed E-state index contributed by atoms with van der Waals surface area (Å²) in [5.74, 6) is 1.86. The summed E-state index contributed by atoms with van der Waals surface area (Å²) in [4.78, 5) is 17.8. The number of nitrogens with zero attached hydrogens (tertiary/aromatic N) is 2. The van der Waals surface area contributed by atoms with Gasteiger partial charge < -0.3 is 25.0 Å². The number of halogens is 1. The fourth-order valence-electron chi connectivity index (χ4n) is 2.15. The number of hydrogen-bond acceptors (Lipinski definition) is 4. The first-order valence-corrected chi connectivity index (χ1v) is 9.88. The molecule has 0 heterocycles. The lowest BCUT2D eigenvalue weighted by Gasteiger charge is -2.15. The number of rotatable bonds is 11. The Morgan fingerprint density at radius 3 is 2.34 bits per heavy atom. The lowest BCUT2D eigenvalue weighted by Crippen LogP contribution is -2.34. The van der Waals surface area contributed by atoms with Gasteiger partial charge in [0, 0.05) is 39.5 Å². The smallest absolute Gasteiger partial charge is 0.243 e. The molecule has 29 heavy (non-hydrogen) atoms. The molecule has 1 amide bonds. The van der Waals surface area contributed by atoms with Gasteiger partial charge >= 0.3 is 0 Å². The van der Waals surface area contributed by atoms with Crippen molar-refractivity contribution in [3.8, 4) is 5.75 Å². The Balaban J connectivity index is 0.00000784. The van der Waals surface area contributed by atoms with Gasteiger partial charge in [0.1, 0.15) is 12.3 Å². The Bertz CT molecular complexity index is 604. The Hall–Kier alpha value is -1.55. The zero-order valence-electron chi connectivity index (χ0n) is 18.5. The standard InChI is InChI=1S/C21H36N4O3.HI/c1-16(2)15-27-13-7-12-22-21(23-14-20(26)25(5)6)24-18-8-10-19(11-9-18)28-17(3)4;/h8-11,16-17H,7,12-15H2,1-6H3,(H2,22,23,24);1H. The van der Waals surface area contributed by atoms with Crippen LogP contribution in [0.4, 0.5) is 5.69 Å². The molecule has 8 heteroatoms. The fraction of sp³-hybridized carbons (Fsp3) is 0.619. The number of carbonyl (C=O) groups excluding carboxylic acids is 1. The highest BCUT2D eigenvalue weighted by Crippen LogP contribution is 2.16. The second-order valence-electron chi connectivity index (χ2n) is 7.52. The molecule has 0 aliphatic heterocycles. The maximum absolute atomic E-state index is 11.9. The second kappa shape index (κ2) is 15.3. The number of guanidine groups is 1. The first-order chi connectivity index (χ1) is 13.3. The summed E-state index contributed by atoms with van der Waals surface area (Å²) < 4.78 is 11.3. The molecule has 0 aromatic heterocycles. The van der Waals surface area contributed by atoms with Crippen molar-refractivity contribution in [2.45, 2.75) is 40.2 Å². The van der Waals surface area contributed by atoms with Crippen LogP contribution in [-0.4, -0.2) is 63.3 Å². The van der Waals surface area contributed by atoms with Gasteiger partial charge in [-0.3, -0.25) is 4.79 Å². The summed E-state index contributed by atoms with van der Waals surface area (Å²) >= 11 is 0. The van der Waals surface area contributed by atoms with Crippen LogP contribution in [-0.2, 0) is 9.53 Å². The number of benzene rings is 1. The SMILES string of the molecule is CC(C)COCCCNC(=NCC(=O)N(C)C)Nc1ccc(OC(C)C)cc1.I. The third-order valence-electron chi connectivity index (χ3n) is 3.57. The second-order valence-corrected chi connectivity index (χ2v) is 7.52. The molecule has 0 spiro atoms. The van der Waals surface area contributed by atoms with Crippen molar-refractivity contribution >= 4 is 41.5 Å². The van der Waals surface area contributed by atoms with Crippen molar-refractivity contribution in [2.75, 3.05) is 45.7 Å². The molecule has 2 N–H and O–H groups in total. The van der Waals surface area contributed by atoms with Crippen LogP contribution in [0.15, 0.2) is 29.3 Å². The van der Waals surface area contributed by atoms with Crippen LogP contribution in [0.1, 0.15) is 34.1 Å². The monoisotopic (exact) mass is 520 g/mol. The molecule has 1 aromatic rings. The highest BCUT2D eigenvalue weighted by molar-refractivity contribution is 14.0.